The Kier molecular flexibility index (Phi) is 8.94. The fourth-order valence-corrected chi connectivity index (χ4v) is 6.45. The number of anilines is 4. The maximum absolute atomic E-state index is 13.9. The molecule has 0 bridgehead atoms. The second kappa shape index (κ2) is 12.5. The average molecular weight is 614 g/mol. The van der Waals surface area contributed by atoms with Crippen LogP contribution in [0.1, 0.15) is 24.7 Å². The average Bonchev–Trinajstić information content (AvgIpc) is 3.54. The number of esters is 1. The SMILES string of the molecule is CCOC(=O)C1(N(C)C)CC1N1CCN(c2nc(C)ncc2N(C(=O)Nc2c(Cl)cccc2CN)c2nccs2)CC1. The van der Waals surface area contributed by atoms with E-state index in [1.165, 1.54) is 16.2 Å². The molecule has 12 nitrogen and oxygen atoms in total. The molecule has 2 amide bonds. The third kappa shape index (κ3) is 5.66. The maximum atomic E-state index is 13.9. The van der Waals surface area contributed by atoms with Gasteiger partial charge in [0.2, 0.25) is 0 Å². The van der Waals surface area contributed by atoms with Crippen LogP contribution in [0.4, 0.5) is 27.1 Å². The standard InChI is InChI=1S/C28H36ClN9O3S/c1-5-41-25(39)28(35(3)4)15-22(28)36-10-12-37(13-11-36)24-21(17-32-18(2)33-24)38(27-31-9-14-42-27)26(40)34-23-19(16-30)7-6-8-20(23)29/h6-9,14,17,22H,5,10-13,15-16,30H2,1-4H3,(H,34,40). The Morgan fingerprint density at radius 1 is 1.24 bits per heavy atom. The molecule has 224 valence electrons. The fourth-order valence-electron chi connectivity index (χ4n) is 5.56. The van der Waals surface area contributed by atoms with Crippen molar-refractivity contribution in [2.75, 3.05) is 62.0 Å². The first-order valence-corrected chi connectivity index (χ1v) is 15.1. The number of nitrogens with zero attached hydrogens (tertiary/aromatic N) is 7. The molecule has 2 aliphatic rings. The highest BCUT2D eigenvalue weighted by Crippen LogP contribution is 2.46. The van der Waals surface area contributed by atoms with Crippen molar-refractivity contribution in [3.8, 4) is 0 Å². The number of hydrogen-bond donors (Lipinski definition) is 2. The first-order chi connectivity index (χ1) is 20.2. The van der Waals surface area contributed by atoms with Crippen molar-refractivity contribution in [2.45, 2.75) is 38.4 Å². The molecule has 5 rings (SSSR count). The quantitative estimate of drug-likeness (QED) is 0.346. The van der Waals surface area contributed by atoms with Crippen LogP contribution in [0.2, 0.25) is 5.02 Å². The summed E-state index contributed by atoms with van der Waals surface area (Å²) in [5, 5.41) is 5.60. The van der Waals surface area contributed by atoms with E-state index in [0.717, 1.165) is 19.5 Å². The number of urea groups is 1. The third-order valence-electron chi connectivity index (χ3n) is 7.85. The van der Waals surface area contributed by atoms with E-state index in [9.17, 15) is 9.59 Å². The maximum Gasteiger partial charge on any atom is 0.333 e. The summed E-state index contributed by atoms with van der Waals surface area (Å²) < 4.78 is 5.42. The van der Waals surface area contributed by atoms with E-state index < -0.39 is 11.6 Å². The van der Waals surface area contributed by atoms with Gasteiger partial charge in [-0.05, 0) is 46.0 Å². The van der Waals surface area contributed by atoms with E-state index in [1.807, 2.05) is 38.9 Å². The van der Waals surface area contributed by atoms with Gasteiger partial charge in [0.15, 0.2) is 10.9 Å². The molecule has 1 aliphatic carbocycles. The minimum atomic E-state index is -0.615. The van der Waals surface area contributed by atoms with Crippen molar-refractivity contribution in [1.29, 1.82) is 0 Å². The number of thiazole rings is 1. The molecule has 0 radical (unpaired) electrons. The molecule has 1 saturated carbocycles. The molecule has 2 aromatic heterocycles. The van der Waals surface area contributed by atoms with Gasteiger partial charge >= 0.3 is 12.0 Å². The fraction of sp³-hybridized carbons (Fsp3) is 0.464. The smallest absolute Gasteiger partial charge is 0.333 e. The first kappa shape index (κ1) is 30.1. The zero-order valence-electron chi connectivity index (χ0n) is 24.2. The number of ether oxygens (including phenoxy) is 1. The molecule has 42 heavy (non-hydrogen) atoms. The van der Waals surface area contributed by atoms with Gasteiger partial charge in [-0.3, -0.25) is 9.80 Å². The molecule has 2 unspecified atom stereocenters. The number of piperazine rings is 1. The van der Waals surface area contributed by atoms with Gasteiger partial charge in [0.1, 0.15) is 17.1 Å². The van der Waals surface area contributed by atoms with E-state index >= 15 is 0 Å². The zero-order chi connectivity index (χ0) is 30.0. The van der Waals surface area contributed by atoms with E-state index in [4.69, 9.17) is 27.1 Å². The van der Waals surface area contributed by atoms with Gasteiger partial charge in [0.05, 0.1) is 23.5 Å². The van der Waals surface area contributed by atoms with Crippen molar-refractivity contribution in [2.24, 2.45) is 5.73 Å². The lowest BCUT2D eigenvalue weighted by Gasteiger charge is -2.38. The molecule has 14 heteroatoms. The highest BCUT2D eigenvalue weighted by molar-refractivity contribution is 7.13. The summed E-state index contributed by atoms with van der Waals surface area (Å²) in [5.74, 6) is 1.05. The van der Waals surface area contributed by atoms with Crippen LogP contribution in [0, 0.1) is 6.92 Å². The minimum absolute atomic E-state index is 0.0882. The second-order valence-corrected chi connectivity index (χ2v) is 11.7. The number of nitrogens with two attached hydrogens (primary N) is 1. The molecule has 1 aromatic carbocycles. The largest absolute Gasteiger partial charge is 0.465 e. The van der Waals surface area contributed by atoms with Crippen LogP contribution < -0.4 is 20.9 Å². The Morgan fingerprint density at radius 2 is 2.00 bits per heavy atom. The molecule has 3 N–H and O–H groups in total. The Bertz CT molecular complexity index is 1430. The van der Waals surface area contributed by atoms with Crippen molar-refractivity contribution >= 4 is 57.3 Å². The predicted molar refractivity (Wildman–Crippen MR) is 165 cm³/mol. The van der Waals surface area contributed by atoms with Crippen molar-refractivity contribution in [3.63, 3.8) is 0 Å². The number of halogens is 1. The Morgan fingerprint density at radius 3 is 2.64 bits per heavy atom. The lowest BCUT2D eigenvalue weighted by molar-refractivity contribution is -0.151. The number of benzene rings is 1. The van der Waals surface area contributed by atoms with Crippen LogP contribution in [0.5, 0.6) is 0 Å². The number of likely N-dealkylation sites (N-methyl/N-ethyl adjacent to an activating group) is 1. The highest BCUT2D eigenvalue weighted by atomic mass is 35.5. The van der Waals surface area contributed by atoms with Crippen LogP contribution in [-0.2, 0) is 16.1 Å². The van der Waals surface area contributed by atoms with E-state index in [1.54, 1.807) is 29.9 Å². The number of rotatable bonds is 9. The third-order valence-corrected chi connectivity index (χ3v) is 8.93. The number of aromatic nitrogens is 3. The molecule has 3 aromatic rings. The van der Waals surface area contributed by atoms with Gasteiger partial charge in [0.25, 0.3) is 0 Å². The Hall–Kier alpha value is -3.36. The van der Waals surface area contributed by atoms with Gasteiger partial charge in [0, 0.05) is 50.3 Å². The normalized spacial score (nSPS) is 20.5. The van der Waals surface area contributed by atoms with Crippen LogP contribution in [0.25, 0.3) is 0 Å². The number of carbonyl (C=O) groups excluding carboxylic acids is 2. The van der Waals surface area contributed by atoms with Crippen molar-refractivity contribution < 1.29 is 14.3 Å². The lowest BCUT2D eigenvalue weighted by Crippen LogP contribution is -2.53. The van der Waals surface area contributed by atoms with E-state index in [0.29, 0.717) is 58.4 Å². The zero-order valence-corrected chi connectivity index (χ0v) is 25.8. The van der Waals surface area contributed by atoms with Gasteiger partial charge < -0.3 is 20.7 Å². The Labute approximate surface area is 254 Å². The summed E-state index contributed by atoms with van der Waals surface area (Å²) in [5.41, 5.74) is 6.97. The summed E-state index contributed by atoms with van der Waals surface area (Å²) in [4.78, 5) is 48.4. The second-order valence-electron chi connectivity index (χ2n) is 10.5. The van der Waals surface area contributed by atoms with E-state index in [2.05, 4.69) is 25.1 Å². The molecule has 1 saturated heterocycles. The number of aryl methyl sites for hydroxylation is 1. The van der Waals surface area contributed by atoms with Gasteiger partial charge in [-0.1, -0.05) is 23.7 Å². The summed E-state index contributed by atoms with van der Waals surface area (Å²) in [6.07, 6.45) is 4.03. The van der Waals surface area contributed by atoms with Gasteiger partial charge in [-0.2, -0.15) is 0 Å². The molecule has 2 atom stereocenters. The molecular weight excluding hydrogens is 578 g/mol. The summed E-state index contributed by atoms with van der Waals surface area (Å²) >= 11 is 7.78. The topological polar surface area (TPSA) is 133 Å². The number of hydrogen-bond acceptors (Lipinski definition) is 11. The number of para-hydroxylation sites is 1. The van der Waals surface area contributed by atoms with E-state index in [-0.39, 0.29) is 18.6 Å². The van der Waals surface area contributed by atoms with Crippen LogP contribution in [0.15, 0.2) is 36.0 Å². The molecule has 1 aliphatic heterocycles. The Balaban J connectivity index is 1.40. The monoisotopic (exact) mass is 613 g/mol. The predicted octanol–water partition coefficient (Wildman–Crippen LogP) is 3.48. The van der Waals surface area contributed by atoms with Crippen molar-refractivity contribution in [3.05, 3.63) is 52.4 Å². The van der Waals surface area contributed by atoms with Crippen LogP contribution in [-0.4, -0.2) is 95.2 Å². The molecular formula is C28H36ClN9O3S. The summed E-state index contributed by atoms with van der Waals surface area (Å²) in [6.45, 7) is 6.99. The van der Waals surface area contributed by atoms with Crippen molar-refractivity contribution in [1.82, 2.24) is 24.8 Å². The number of nitrogens with one attached hydrogen (secondary N) is 1. The van der Waals surface area contributed by atoms with Gasteiger partial charge in [-0.15, -0.1) is 11.3 Å². The number of amides is 2. The minimum Gasteiger partial charge on any atom is -0.465 e. The lowest BCUT2D eigenvalue weighted by atomic mass is 10.2. The summed E-state index contributed by atoms with van der Waals surface area (Å²) in [7, 11) is 3.86. The molecule has 3 heterocycles. The van der Waals surface area contributed by atoms with Crippen LogP contribution >= 0.6 is 22.9 Å². The number of carbonyl (C=O) groups is 2. The molecule has 0 spiro atoms. The summed E-state index contributed by atoms with van der Waals surface area (Å²) in [6, 6.07) is 4.95. The highest BCUT2D eigenvalue weighted by Gasteiger charge is 2.65. The molecule has 2 fully saturated rings. The first-order valence-electron chi connectivity index (χ1n) is 13.9. The van der Waals surface area contributed by atoms with Gasteiger partial charge in [-0.25, -0.2) is 29.4 Å². The van der Waals surface area contributed by atoms with Crippen LogP contribution in [0.3, 0.4) is 0 Å².